The third-order valence-corrected chi connectivity index (χ3v) is 5.57. The molecule has 2 amide bonds. The summed E-state index contributed by atoms with van der Waals surface area (Å²) in [5, 5.41) is 7.64. The summed E-state index contributed by atoms with van der Waals surface area (Å²) in [7, 11) is 1.59. The molecule has 25 heavy (non-hydrogen) atoms. The highest BCUT2D eigenvalue weighted by Crippen LogP contribution is 2.34. The van der Waals surface area contributed by atoms with Gasteiger partial charge in [0.15, 0.2) is 0 Å². The molecule has 2 heterocycles. The van der Waals surface area contributed by atoms with Crippen LogP contribution in [0.1, 0.15) is 40.2 Å². The number of anilines is 1. The molecule has 6 heteroatoms. The van der Waals surface area contributed by atoms with Gasteiger partial charge < -0.3 is 10.6 Å². The lowest BCUT2D eigenvalue weighted by atomic mass is 9.98. The molecule has 0 spiro atoms. The summed E-state index contributed by atoms with van der Waals surface area (Å²) in [5.41, 5.74) is 2.55. The first-order chi connectivity index (χ1) is 12.1. The lowest BCUT2D eigenvalue weighted by molar-refractivity contribution is -0.118. The van der Waals surface area contributed by atoms with Crippen molar-refractivity contribution >= 4 is 28.8 Å². The Bertz CT molecular complexity index is 772. The molecule has 2 aromatic rings. The predicted molar refractivity (Wildman–Crippen MR) is 101 cm³/mol. The lowest BCUT2D eigenvalue weighted by Crippen LogP contribution is -2.40. The van der Waals surface area contributed by atoms with Crippen LogP contribution in [0.15, 0.2) is 35.7 Å². The molecule has 5 nitrogen and oxygen atoms in total. The largest absolute Gasteiger partial charge is 0.355 e. The molecule has 0 fully saturated rings. The van der Waals surface area contributed by atoms with Gasteiger partial charge in [-0.1, -0.05) is 13.0 Å². The van der Waals surface area contributed by atoms with Crippen LogP contribution >= 0.6 is 11.3 Å². The van der Waals surface area contributed by atoms with Crippen molar-refractivity contribution in [3.8, 4) is 0 Å². The molecule has 132 valence electrons. The maximum Gasteiger partial charge on any atom is 0.251 e. The Balaban J connectivity index is 1.66. The number of nitrogens with one attached hydrogen (secondary N) is 2. The third-order valence-electron chi connectivity index (χ3n) is 4.57. The van der Waals surface area contributed by atoms with Crippen LogP contribution in [-0.2, 0) is 11.2 Å². The van der Waals surface area contributed by atoms with Crippen molar-refractivity contribution in [1.29, 1.82) is 0 Å². The molecule has 0 saturated heterocycles. The Labute approximate surface area is 152 Å². The van der Waals surface area contributed by atoms with Gasteiger partial charge in [0.25, 0.3) is 5.91 Å². The van der Waals surface area contributed by atoms with Crippen LogP contribution < -0.4 is 10.6 Å². The van der Waals surface area contributed by atoms with E-state index in [0.29, 0.717) is 23.8 Å². The van der Waals surface area contributed by atoms with E-state index in [-0.39, 0.29) is 11.8 Å². The summed E-state index contributed by atoms with van der Waals surface area (Å²) >= 11 is 1.81. The number of carbonyl (C=O) groups excluding carboxylic acids is 2. The highest BCUT2D eigenvalue weighted by Gasteiger charge is 2.28. The molecule has 0 bridgehead atoms. The van der Waals surface area contributed by atoms with Crippen molar-refractivity contribution < 1.29 is 9.59 Å². The number of hydrogen-bond acceptors (Lipinski definition) is 4. The Kier molecular flexibility index (Phi) is 5.50. The summed E-state index contributed by atoms with van der Waals surface area (Å²) < 4.78 is 0. The molecule has 1 aliphatic heterocycles. The Morgan fingerprint density at radius 1 is 1.32 bits per heavy atom. The normalized spacial score (nSPS) is 17.0. The average molecular weight is 357 g/mol. The van der Waals surface area contributed by atoms with E-state index < -0.39 is 0 Å². The van der Waals surface area contributed by atoms with Crippen molar-refractivity contribution in [2.75, 3.05) is 25.5 Å². The summed E-state index contributed by atoms with van der Waals surface area (Å²) in [6.07, 6.45) is 1.99. The van der Waals surface area contributed by atoms with Crippen molar-refractivity contribution in [1.82, 2.24) is 10.2 Å². The van der Waals surface area contributed by atoms with E-state index in [1.807, 2.05) is 11.3 Å². The van der Waals surface area contributed by atoms with Gasteiger partial charge in [0, 0.05) is 35.8 Å². The molecule has 2 N–H and O–H groups in total. The maximum absolute atomic E-state index is 12.5. The predicted octanol–water partition coefficient (Wildman–Crippen LogP) is 3.06. The van der Waals surface area contributed by atoms with E-state index in [1.54, 1.807) is 31.3 Å². The average Bonchev–Trinajstić information content (AvgIpc) is 3.09. The minimum absolute atomic E-state index is 0.0498. The Morgan fingerprint density at radius 3 is 2.92 bits per heavy atom. The highest BCUT2D eigenvalue weighted by atomic mass is 32.1. The van der Waals surface area contributed by atoms with Gasteiger partial charge in [-0.2, -0.15) is 0 Å². The van der Waals surface area contributed by atoms with E-state index in [2.05, 4.69) is 33.9 Å². The number of carbonyl (C=O) groups is 2. The van der Waals surface area contributed by atoms with E-state index >= 15 is 0 Å². The number of rotatable bonds is 5. The van der Waals surface area contributed by atoms with E-state index in [1.165, 1.54) is 10.4 Å². The first-order valence-electron chi connectivity index (χ1n) is 8.54. The second-order valence-electron chi connectivity index (χ2n) is 6.15. The quantitative estimate of drug-likeness (QED) is 0.865. The fraction of sp³-hybridized carbons (Fsp3) is 0.368. The number of amides is 2. The first-order valence-corrected chi connectivity index (χ1v) is 9.42. The van der Waals surface area contributed by atoms with Crippen LogP contribution in [-0.4, -0.2) is 36.9 Å². The molecule has 0 unspecified atom stereocenters. The number of fused-ring (bicyclic) bond motifs is 1. The van der Waals surface area contributed by atoms with Crippen LogP contribution in [0.3, 0.4) is 0 Å². The topological polar surface area (TPSA) is 61.4 Å². The number of nitrogens with zero attached hydrogens (tertiary/aromatic N) is 1. The summed E-state index contributed by atoms with van der Waals surface area (Å²) in [4.78, 5) is 27.9. The number of benzene rings is 1. The van der Waals surface area contributed by atoms with Crippen molar-refractivity contribution in [3.63, 3.8) is 0 Å². The summed E-state index contributed by atoms with van der Waals surface area (Å²) in [6.45, 7) is 3.42. The molecule has 0 radical (unpaired) electrons. The molecule has 0 saturated carbocycles. The monoisotopic (exact) mass is 357 g/mol. The lowest BCUT2D eigenvalue weighted by Gasteiger charge is -2.34. The highest BCUT2D eigenvalue weighted by molar-refractivity contribution is 7.10. The molecule has 0 aliphatic carbocycles. The Hall–Kier alpha value is -2.18. The van der Waals surface area contributed by atoms with Crippen molar-refractivity contribution in [3.05, 3.63) is 51.7 Å². The van der Waals surface area contributed by atoms with Crippen molar-refractivity contribution in [2.45, 2.75) is 25.8 Å². The minimum atomic E-state index is -0.164. The SMILES string of the molecule is CC[C@@H]1c2ccsc2CCN1CC(=O)Nc1cccc(C(=O)NC)c1. The second-order valence-corrected chi connectivity index (χ2v) is 7.15. The smallest absolute Gasteiger partial charge is 0.251 e. The van der Waals surface area contributed by atoms with Crippen LogP contribution in [0.25, 0.3) is 0 Å². The molecule has 1 aromatic heterocycles. The Morgan fingerprint density at radius 2 is 2.16 bits per heavy atom. The molecule has 1 aromatic carbocycles. The maximum atomic E-state index is 12.5. The number of thiophene rings is 1. The van der Waals surface area contributed by atoms with Gasteiger partial charge in [-0.05, 0) is 48.1 Å². The minimum Gasteiger partial charge on any atom is -0.355 e. The fourth-order valence-corrected chi connectivity index (χ4v) is 4.31. The molecular formula is C19H23N3O2S. The van der Waals surface area contributed by atoms with Gasteiger partial charge in [0.1, 0.15) is 0 Å². The van der Waals surface area contributed by atoms with Crippen LogP contribution in [0.2, 0.25) is 0 Å². The van der Waals surface area contributed by atoms with Gasteiger partial charge in [-0.15, -0.1) is 11.3 Å². The van der Waals surface area contributed by atoms with E-state index in [0.717, 1.165) is 19.4 Å². The van der Waals surface area contributed by atoms with Gasteiger partial charge in [0.2, 0.25) is 5.91 Å². The molecule has 3 rings (SSSR count). The summed E-state index contributed by atoms with van der Waals surface area (Å²) in [6, 6.07) is 9.48. The van der Waals surface area contributed by atoms with E-state index in [4.69, 9.17) is 0 Å². The van der Waals surface area contributed by atoms with Gasteiger partial charge in [-0.3, -0.25) is 14.5 Å². The van der Waals surface area contributed by atoms with Crippen LogP contribution in [0.5, 0.6) is 0 Å². The third kappa shape index (κ3) is 3.91. The zero-order chi connectivity index (χ0) is 17.8. The molecular weight excluding hydrogens is 334 g/mol. The van der Waals surface area contributed by atoms with Gasteiger partial charge in [0.05, 0.1) is 6.54 Å². The standard InChI is InChI=1S/C19H23N3O2S/c1-3-16-15-8-10-25-17(15)7-9-22(16)12-18(23)21-14-6-4-5-13(11-14)19(24)20-2/h4-6,8,10-11,16H,3,7,9,12H2,1-2H3,(H,20,24)(H,21,23)/t16-/m1/s1. The van der Waals surface area contributed by atoms with Crippen LogP contribution in [0, 0.1) is 0 Å². The summed E-state index contributed by atoms with van der Waals surface area (Å²) in [5.74, 6) is -0.214. The zero-order valence-corrected chi connectivity index (χ0v) is 15.4. The van der Waals surface area contributed by atoms with Crippen LogP contribution in [0.4, 0.5) is 5.69 Å². The van der Waals surface area contributed by atoms with Crippen molar-refractivity contribution in [2.24, 2.45) is 0 Å². The second kappa shape index (κ2) is 7.80. The zero-order valence-electron chi connectivity index (χ0n) is 14.5. The fourth-order valence-electron chi connectivity index (χ4n) is 3.38. The van der Waals surface area contributed by atoms with E-state index in [9.17, 15) is 9.59 Å². The van der Waals surface area contributed by atoms with Gasteiger partial charge >= 0.3 is 0 Å². The molecule has 1 atom stereocenters. The first kappa shape index (κ1) is 17.6. The van der Waals surface area contributed by atoms with Gasteiger partial charge in [-0.25, -0.2) is 0 Å². The molecule has 1 aliphatic rings. The number of hydrogen-bond donors (Lipinski definition) is 2.